The van der Waals surface area contributed by atoms with Crippen LogP contribution in [-0.2, 0) is 4.79 Å². The van der Waals surface area contributed by atoms with Crippen LogP contribution in [0.4, 0.5) is 0 Å². The van der Waals surface area contributed by atoms with Crippen LogP contribution in [0.15, 0.2) is 12.2 Å². The molecule has 2 heteroatoms. The van der Waals surface area contributed by atoms with Gasteiger partial charge in [-0.1, -0.05) is 12.2 Å². The molecule has 4 aliphatic rings. The fraction of sp³-hybridized carbons (Fsp3) is 0.786. The number of aliphatic carboxylic acids is 1. The third-order valence-electron chi connectivity index (χ3n) is 5.08. The van der Waals surface area contributed by atoms with Gasteiger partial charge in [-0.3, -0.25) is 4.79 Å². The zero-order valence-corrected chi connectivity index (χ0v) is 9.69. The molecule has 0 aliphatic heterocycles. The summed E-state index contributed by atoms with van der Waals surface area (Å²) in [5.74, 6) is 3.27. The number of hydrogen-bond acceptors (Lipinski definition) is 1. The summed E-state index contributed by atoms with van der Waals surface area (Å²) in [6.45, 7) is 4.06. The highest BCUT2D eigenvalue weighted by atomic mass is 16.4. The molecule has 0 saturated heterocycles. The van der Waals surface area contributed by atoms with Crippen LogP contribution in [0.2, 0.25) is 0 Å². The monoisotopic (exact) mass is 220 g/mol. The molecule has 4 fully saturated rings. The topological polar surface area (TPSA) is 37.3 Å². The standard InChI is InChI=1S/C14H20O2/c1-8(2-13(15)16)14-11-4-9-3-10(6-11)7-12(14)5-9/h9-12,14H,1-7H2,(H,15,16). The van der Waals surface area contributed by atoms with Gasteiger partial charge >= 0.3 is 5.97 Å². The Morgan fingerprint density at radius 2 is 1.56 bits per heavy atom. The second kappa shape index (κ2) is 3.61. The van der Waals surface area contributed by atoms with E-state index < -0.39 is 5.97 Å². The molecule has 0 aromatic heterocycles. The summed E-state index contributed by atoms with van der Waals surface area (Å²) < 4.78 is 0. The Bertz CT molecular complexity index is 304. The smallest absolute Gasteiger partial charge is 0.307 e. The van der Waals surface area contributed by atoms with Gasteiger partial charge in [0, 0.05) is 0 Å². The Balaban J connectivity index is 1.76. The Morgan fingerprint density at radius 3 is 2.00 bits per heavy atom. The third-order valence-corrected chi connectivity index (χ3v) is 5.08. The van der Waals surface area contributed by atoms with E-state index in [0.717, 1.165) is 29.2 Å². The SMILES string of the molecule is C=C(CC(=O)O)C1C2CC3CC(C2)CC1C3. The van der Waals surface area contributed by atoms with Gasteiger partial charge in [0.1, 0.15) is 0 Å². The first-order valence-electron chi connectivity index (χ1n) is 6.53. The molecule has 0 heterocycles. The Labute approximate surface area is 96.7 Å². The molecule has 0 spiro atoms. The average Bonchev–Trinajstić information content (AvgIpc) is 2.13. The van der Waals surface area contributed by atoms with Crippen LogP contribution in [0.1, 0.15) is 38.5 Å². The van der Waals surface area contributed by atoms with Crippen molar-refractivity contribution in [3.63, 3.8) is 0 Å². The lowest BCUT2D eigenvalue weighted by atomic mass is 9.50. The lowest BCUT2D eigenvalue weighted by Gasteiger charge is -2.55. The van der Waals surface area contributed by atoms with Gasteiger partial charge < -0.3 is 5.11 Å². The van der Waals surface area contributed by atoms with Crippen molar-refractivity contribution >= 4 is 5.97 Å². The summed E-state index contributed by atoms with van der Waals surface area (Å²) in [5, 5.41) is 8.88. The van der Waals surface area contributed by atoms with Crippen molar-refractivity contribution in [3.05, 3.63) is 12.2 Å². The van der Waals surface area contributed by atoms with Gasteiger partial charge in [-0.25, -0.2) is 0 Å². The van der Waals surface area contributed by atoms with E-state index in [-0.39, 0.29) is 6.42 Å². The van der Waals surface area contributed by atoms with Crippen LogP contribution in [0.5, 0.6) is 0 Å². The van der Waals surface area contributed by atoms with Crippen LogP contribution in [-0.4, -0.2) is 11.1 Å². The molecular weight excluding hydrogens is 200 g/mol. The quantitative estimate of drug-likeness (QED) is 0.742. The first-order valence-corrected chi connectivity index (χ1v) is 6.53. The molecular formula is C14H20O2. The van der Waals surface area contributed by atoms with Gasteiger partial charge in [0.05, 0.1) is 6.42 Å². The Kier molecular flexibility index (Phi) is 2.34. The van der Waals surface area contributed by atoms with Gasteiger partial charge in [0.25, 0.3) is 0 Å². The van der Waals surface area contributed by atoms with E-state index in [0.29, 0.717) is 5.92 Å². The summed E-state index contributed by atoms with van der Waals surface area (Å²) in [6, 6.07) is 0. The largest absolute Gasteiger partial charge is 0.481 e. The van der Waals surface area contributed by atoms with Crippen LogP contribution in [0.3, 0.4) is 0 Å². The summed E-state index contributed by atoms with van der Waals surface area (Å²) in [5.41, 5.74) is 1.00. The zero-order chi connectivity index (χ0) is 11.3. The van der Waals surface area contributed by atoms with Gasteiger partial charge in [-0.05, 0) is 61.7 Å². The minimum absolute atomic E-state index is 0.188. The number of carboxylic acids is 1. The van der Waals surface area contributed by atoms with Crippen LogP contribution >= 0.6 is 0 Å². The molecule has 0 unspecified atom stereocenters. The molecule has 0 atom stereocenters. The Morgan fingerprint density at radius 1 is 1.06 bits per heavy atom. The molecule has 0 amide bonds. The number of carboxylic acid groups (broad SMARTS) is 1. The molecule has 4 saturated carbocycles. The highest BCUT2D eigenvalue weighted by molar-refractivity contribution is 5.70. The molecule has 4 bridgehead atoms. The summed E-state index contributed by atoms with van der Waals surface area (Å²) in [7, 11) is 0. The van der Waals surface area contributed by atoms with Crippen molar-refractivity contribution in [1.29, 1.82) is 0 Å². The van der Waals surface area contributed by atoms with Crippen molar-refractivity contribution in [2.45, 2.75) is 38.5 Å². The van der Waals surface area contributed by atoms with Crippen molar-refractivity contribution in [2.75, 3.05) is 0 Å². The van der Waals surface area contributed by atoms with Crippen molar-refractivity contribution in [1.82, 2.24) is 0 Å². The summed E-state index contributed by atoms with van der Waals surface area (Å²) >= 11 is 0. The predicted octanol–water partition coefficient (Wildman–Crippen LogP) is 3.09. The molecule has 0 aromatic rings. The van der Waals surface area contributed by atoms with Crippen molar-refractivity contribution in [3.8, 4) is 0 Å². The van der Waals surface area contributed by atoms with E-state index in [9.17, 15) is 4.79 Å². The maximum atomic E-state index is 10.8. The van der Waals surface area contributed by atoms with Gasteiger partial charge in [-0.2, -0.15) is 0 Å². The fourth-order valence-electron chi connectivity index (χ4n) is 4.90. The maximum Gasteiger partial charge on any atom is 0.307 e. The third kappa shape index (κ3) is 1.59. The second-order valence-corrected chi connectivity index (χ2v) is 6.19. The van der Waals surface area contributed by atoms with E-state index in [1.165, 1.54) is 32.1 Å². The van der Waals surface area contributed by atoms with Gasteiger partial charge in [-0.15, -0.1) is 0 Å². The first-order chi connectivity index (χ1) is 7.63. The lowest BCUT2D eigenvalue weighted by molar-refractivity contribution is -0.136. The van der Waals surface area contributed by atoms with Gasteiger partial charge in [0.2, 0.25) is 0 Å². The normalized spacial score (nSPS) is 44.6. The lowest BCUT2D eigenvalue weighted by Crippen LogP contribution is -2.45. The number of hydrogen-bond donors (Lipinski definition) is 1. The van der Waals surface area contributed by atoms with E-state index >= 15 is 0 Å². The number of carbonyl (C=O) groups is 1. The first kappa shape index (κ1) is 10.4. The van der Waals surface area contributed by atoms with Crippen molar-refractivity contribution in [2.24, 2.45) is 29.6 Å². The zero-order valence-electron chi connectivity index (χ0n) is 9.69. The van der Waals surface area contributed by atoms with E-state index in [4.69, 9.17) is 5.11 Å². The summed E-state index contributed by atoms with van der Waals surface area (Å²) in [4.78, 5) is 10.8. The van der Waals surface area contributed by atoms with Gasteiger partial charge in [0.15, 0.2) is 0 Å². The number of rotatable bonds is 3. The second-order valence-electron chi connectivity index (χ2n) is 6.19. The van der Waals surface area contributed by atoms with E-state index in [1.807, 2.05) is 0 Å². The minimum Gasteiger partial charge on any atom is -0.481 e. The Hall–Kier alpha value is -0.790. The molecule has 0 radical (unpaired) electrons. The molecule has 0 aromatic carbocycles. The van der Waals surface area contributed by atoms with Crippen LogP contribution in [0, 0.1) is 29.6 Å². The molecule has 88 valence electrons. The van der Waals surface area contributed by atoms with E-state index in [1.54, 1.807) is 0 Å². The molecule has 4 rings (SSSR count). The predicted molar refractivity (Wildman–Crippen MR) is 61.9 cm³/mol. The maximum absolute atomic E-state index is 10.8. The highest BCUT2D eigenvalue weighted by Gasteiger charge is 2.48. The molecule has 1 N–H and O–H groups in total. The highest BCUT2D eigenvalue weighted by Crippen LogP contribution is 2.58. The van der Waals surface area contributed by atoms with Crippen molar-refractivity contribution < 1.29 is 9.90 Å². The minimum atomic E-state index is -0.709. The average molecular weight is 220 g/mol. The van der Waals surface area contributed by atoms with Crippen LogP contribution in [0.25, 0.3) is 0 Å². The molecule has 2 nitrogen and oxygen atoms in total. The fourth-order valence-corrected chi connectivity index (χ4v) is 4.90. The van der Waals surface area contributed by atoms with E-state index in [2.05, 4.69) is 6.58 Å². The molecule has 4 aliphatic carbocycles. The summed E-state index contributed by atoms with van der Waals surface area (Å²) in [6.07, 6.45) is 7.01. The van der Waals surface area contributed by atoms with Crippen LogP contribution < -0.4 is 0 Å². The molecule has 16 heavy (non-hydrogen) atoms.